The molecule has 11 heteroatoms. The minimum atomic E-state index is -0.950. The van der Waals surface area contributed by atoms with E-state index in [9.17, 15) is 9.50 Å². The van der Waals surface area contributed by atoms with Gasteiger partial charge in [0.05, 0.1) is 32.2 Å². The standard InChI is InChI=1S/C11H12FN7O3/c1-21-10-8-9(15-11(12)16-10)19(4-14-8)7-2-5(17-18-13)6(3-20)22-7/h4-7,20H,2-3H2,1H3/t5-,6+,7+/m0/s1. The van der Waals surface area contributed by atoms with Crippen molar-refractivity contribution < 1.29 is 19.0 Å². The Morgan fingerprint density at radius 1 is 1.64 bits per heavy atom. The molecule has 0 amide bonds. The van der Waals surface area contributed by atoms with Crippen molar-refractivity contribution in [3.8, 4) is 5.88 Å². The Morgan fingerprint density at radius 2 is 2.45 bits per heavy atom. The SMILES string of the molecule is COc1nc(F)nc2c1ncn2[C@H]1C[C@H](N=[N+]=[N-])[C@@H](CO)O1. The summed E-state index contributed by atoms with van der Waals surface area (Å²) in [6.07, 6.45) is -0.439. The van der Waals surface area contributed by atoms with Crippen LogP contribution in [0.5, 0.6) is 5.88 Å². The highest BCUT2D eigenvalue weighted by atomic mass is 19.1. The molecule has 3 atom stereocenters. The second kappa shape index (κ2) is 5.72. The summed E-state index contributed by atoms with van der Waals surface area (Å²) in [6, 6.07) is -0.522. The molecule has 3 heterocycles. The van der Waals surface area contributed by atoms with Gasteiger partial charge in [-0.05, 0) is 5.53 Å². The van der Waals surface area contributed by atoms with Crippen LogP contribution >= 0.6 is 0 Å². The Labute approximate surface area is 123 Å². The fourth-order valence-electron chi connectivity index (χ4n) is 2.46. The molecule has 1 saturated heterocycles. The number of imidazole rings is 1. The molecule has 3 rings (SSSR count). The molecule has 1 N–H and O–H groups in total. The summed E-state index contributed by atoms with van der Waals surface area (Å²) in [7, 11) is 1.35. The van der Waals surface area contributed by atoms with Crippen LogP contribution in [-0.2, 0) is 4.74 Å². The van der Waals surface area contributed by atoms with E-state index in [0.29, 0.717) is 11.9 Å². The van der Waals surface area contributed by atoms with Crippen LogP contribution in [0.15, 0.2) is 11.4 Å². The number of hydrogen-bond acceptors (Lipinski definition) is 7. The monoisotopic (exact) mass is 309 g/mol. The number of halogens is 1. The lowest BCUT2D eigenvalue weighted by Crippen LogP contribution is -2.22. The van der Waals surface area contributed by atoms with E-state index in [1.807, 2.05) is 0 Å². The first-order valence-electron chi connectivity index (χ1n) is 6.42. The molecule has 0 spiro atoms. The van der Waals surface area contributed by atoms with Crippen molar-refractivity contribution in [1.82, 2.24) is 19.5 Å². The topological polar surface area (TPSA) is 131 Å². The zero-order chi connectivity index (χ0) is 15.7. The Morgan fingerprint density at radius 3 is 3.14 bits per heavy atom. The predicted octanol–water partition coefficient (Wildman–Crippen LogP) is 0.933. The number of azide groups is 1. The van der Waals surface area contributed by atoms with E-state index in [1.54, 1.807) is 0 Å². The van der Waals surface area contributed by atoms with Crippen molar-refractivity contribution in [3.05, 3.63) is 22.8 Å². The van der Waals surface area contributed by atoms with Gasteiger partial charge in [0.25, 0.3) is 0 Å². The second-order valence-electron chi connectivity index (χ2n) is 4.65. The maximum absolute atomic E-state index is 13.5. The molecule has 0 unspecified atom stereocenters. The lowest BCUT2D eigenvalue weighted by molar-refractivity contribution is -0.0233. The van der Waals surface area contributed by atoms with Crippen molar-refractivity contribution in [2.75, 3.05) is 13.7 Å². The summed E-state index contributed by atoms with van der Waals surface area (Å²) in [5.74, 6) is 0.0181. The molecular formula is C11H12FN7O3. The third kappa shape index (κ3) is 2.30. The first kappa shape index (κ1) is 14.4. The quantitative estimate of drug-likeness (QED) is 0.387. The highest BCUT2D eigenvalue weighted by molar-refractivity contribution is 5.76. The maximum Gasteiger partial charge on any atom is 0.314 e. The number of aliphatic hydroxyl groups excluding tert-OH is 1. The minimum Gasteiger partial charge on any atom is -0.479 e. The van der Waals surface area contributed by atoms with E-state index < -0.39 is 24.5 Å². The molecular weight excluding hydrogens is 297 g/mol. The zero-order valence-electron chi connectivity index (χ0n) is 11.5. The average molecular weight is 309 g/mol. The van der Waals surface area contributed by atoms with Crippen molar-refractivity contribution in [3.63, 3.8) is 0 Å². The van der Waals surface area contributed by atoms with Gasteiger partial charge in [-0.15, -0.1) is 0 Å². The first-order valence-corrected chi connectivity index (χ1v) is 6.42. The van der Waals surface area contributed by atoms with E-state index in [2.05, 4.69) is 25.0 Å². The van der Waals surface area contributed by atoms with Crippen LogP contribution in [0.1, 0.15) is 12.6 Å². The normalized spacial score (nSPS) is 24.4. The van der Waals surface area contributed by atoms with E-state index in [-0.39, 0.29) is 18.1 Å². The van der Waals surface area contributed by atoms with Crippen LogP contribution in [-0.4, -0.2) is 50.5 Å². The van der Waals surface area contributed by atoms with E-state index in [4.69, 9.17) is 15.0 Å². The molecule has 10 nitrogen and oxygen atoms in total. The highest BCUT2D eigenvalue weighted by Gasteiger charge is 2.36. The molecule has 116 valence electrons. The summed E-state index contributed by atoms with van der Waals surface area (Å²) < 4.78 is 25.6. The molecule has 0 aliphatic carbocycles. The van der Waals surface area contributed by atoms with Crippen molar-refractivity contribution in [1.29, 1.82) is 0 Å². The van der Waals surface area contributed by atoms with Gasteiger partial charge in [-0.2, -0.15) is 14.4 Å². The second-order valence-corrected chi connectivity index (χ2v) is 4.65. The summed E-state index contributed by atoms with van der Waals surface area (Å²) in [4.78, 5) is 14.1. The van der Waals surface area contributed by atoms with Crippen LogP contribution in [0, 0.1) is 6.08 Å². The number of methoxy groups -OCH3 is 1. The fraction of sp³-hybridized carbons (Fsp3) is 0.545. The molecule has 1 aliphatic heterocycles. The van der Waals surface area contributed by atoms with E-state index in [1.165, 1.54) is 18.0 Å². The molecule has 2 aromatic rings. The molecule has 0 aromatic carbocycles. The molecule has 2 aromatic heterocycles. The molecule has 22 heavy (non-hydrogen) atoms. The van der Waals surface area contributed by atoms with Crippen molar-refractivity contribution in [2.45, 2.75) is 24.8 Å². The Bertz CT molecular complexity index is 745. The number of nitrogens with zero attached hydrogens (tertiary/aromatic N) is 7. The molecule has 0 radical (unpaired) electrons. The lowest BCUT2D eigenvalue weighted by atomic mass is 10.1. The number of hydrogen-bond donors (Lipinski definition) is 1. The minimum absolute atomic E-state index is 0.0181. The average Bonchev–Trinajstić information content (AvgIpc) is 3.10. The van der Waals surface area contributed by atoms with Gasteiger partial charge in [0, 0.05) is 11.3 Å². The highest BCUT2D eigenvalue weighted by Crippen LogP contribution is 2.33. The van der Waals surface area contributed by atoms with Crippen molar-refractivity contribution in [2.24, 2.45) is 5.11 Å². The predicted molar refractivity (Wildman–Crippen MR) is 70.4 cm³/mol. The Kier molecular flexibility index (Phi) is 3.75. The van der Waals surface area contributed by atoms with Gasteiger partial charge >= 0.3 is 6.08 Å². The van der Waals surface area contributed by atoms with Crippen LogP contribution in [0.2, 0.25) is 0 Å². The number of aromatic nitrogens is 4. The summed E-state index contributed by atoms with van der Waals surface area (Å²) in [6.45, 7) is -0.292. The van der Waals surface area contributed by atoms with Crippen LogP contribution < -0.4 is 4.74 Å². The molecule has 0 saturated carbocycles. The molecule has 0 bridgehead atoms. The van der Waals surface area contributed by atoms with Gasteiger partial charge in [-0.1, -0.05) is 5.11 Å². The summed E-state index contributed by atoms with van der Waals surface area (Å²) >= 11 is 0. The van der Waals surface area contributed by atoms with Crippen molar-refractivity contribution >= 4 is 11.2 Å². The van der Waals surface area contributed by atoms with Gasteiger partial charge in [0.1, 0.15) is 6.23 Å². The zero-order valence-corrected chi connectivity index (χ0v) is 11.5. The lowest BCUT2D eigenvalue weighted by Gasteiger charge is -2.13. The van der Waals surface area contributed by atoms with E-state index >= 15 is 0 Å². The molecule has 1 aliphatic rings. The Balaban J connectivity index is 2.01. The van der Waals surface area contributed by atoms with Gasteiger partial charge < -0.3 is 14.6 Å². The number of aliphatic hydroxyl groups is 1. The third-order valence-electron chi connectivity index (χ3n) is 3.45. The number of fused-ring (bicyclic) bond motifs is 1. The van der Waals surface area contributed by atoms with Gasteiger partial charge in [-0.3, -0.25) is 4.57 Å². The van der Waals surface area contributed by atoms with Crippen LogP contribution in [0.3, 0.4) is 0 Å². The van der Waals surface area contributed by atoms with Crippen LogP contribution in [0.4, 0.5) is 4.39 Å². The third-order valence-corrected chi connectivity index (χ3v) is 3.45. The molecule has 1 fully saturated rings. The summed E-state index contributed by atoms with van der Waals surface area (Å²) in [5, 5.41) is 12.9. The summed E-state index contributed by atoms with van der Waals surface area (Å²) in [5.41, 5.74) is 9.04. The Hall–Kier alpha value is -2.49. The maximum atomic E-state index is 13.5. The first-order chi connectivity index (χ1) is 10.7. The van der Waals surface area contributed by atoms with Gasteiger partial charge in [-0.25, -0.2) is 4.98 Å². The van der Waals surface area contributed by atoms with Crippen LogP contribution in [0.25, 0.3) is 21.6 Å². The number of rotatable bonds is 4. The van der Waals surface area contributed by atoms with Gasteiger partial charge in [0.15, 0.2) is 11.2 Å². The fourth-order valence-corrected chi connectivity index (χ4v) is 2.46. The largest absolute Gasteiger partial charge is 0.479 e. The van der Waals surface area contributed by atoms with Gasteiger partial charge in [0.2, 0.25) is 5.88 Å². The smallest absolute Gasteiger partial charge is 0.314 e. The van der Waals surface area contributed by atoms with E-state index in [0.717, 1.165) is 0 Å². The number of ether oxygens (including phenoxy) is 2.